The molecule has 0 fully saturated rings. The highest BCUT2D eigenvalue weighted by atomic mass is 32.2. The van der Waals surface area contributed by atoms with Gasteiger partial charge >= 0.3 is 0 Å². The molecule has 0 unspecified atom stereocenters. The fourth-order valence-electron chi connectivity index (χ4n) is 1.65. The maximum atomic E-state index is 12.1. The van der Waals surface area contributed by atoms with Crippen molar-refractivity contribution >= 4 is 15.7 Å². The fraction of sp³-hybridized carbons (Fsp3) is 0.143. The first kappa shape index (κ1) is 13.4. The van der Waals surface area contributed by atoms with Gasteiger partial charge in [-0.15, -0.1) is 0 Å². The molecule has 2 aromatic carbocycles. The summed E-state index contributed by atoms with van der Waals surface area (Å²) in [5, 5.41) is 9.15. The summed E-state index contributed by atoms with van der Waals surface area (Å²) in [6, 6.07) is 12.6. The summed E-state index contributed by atoms with van der Waals surface area (Å²) in [4.78, 5) is 0.116. The van der Waals surface area contributed by atoms with Crippen LogP contribution in [0.5, 0.6) is 5.75 Å². The Morgan fingerprint density at radius 3 is 2.11 bits per heavy atom. The fourth-order valence-corrected chi connectivity index (χ4v) is 2.71. The SMILES string of the molecule is CCc1ccc(NS(=O)(=O)c2ccc(O)cc2)cc1. The van der Waals surface area contributed by atoms with Gasteiger partial charge in [0.25, 0.3) is 10.0 Å². The van der Waals surface area contributed by atoms with E-state index in [2.05, 4.69) is 4.72 Å². The number of aryl methyl sites for hydroxylation is 1. The van der Waals surface area contributed by atoms with Gasteiger partial charge in [0.1, 0.15) is 5.75 Å². The summed E-state index contributed by atoms with van der Waals surface area (Å²) in [6.45, 7) is 2.04. The van der Waals surface area contributed by atoms with E-state index in [1.807, 2.05) is 19.1 Å². The number of hydrogen-bond acceptors (Lipinski definition) is 3. The maximum Gasteiger partial charge on any atom is 0.261 e. The maximum absolute atomic E-state index is 12.1. The number of phenols is 1. The van der Waals surface area contributed by atoms with Gasteiger partial charge in [0.15, 0.2) is 0 Å². The highest BCUT2D eigenvalue weighted by Crippen LogP contribution is 2.18. The van der Waals surface area contributed by atoms with Crippen molar-refractivity contribution in [2.24, 2.45) is 0 Å². The lowest BCUT2D eigenvalue weighted by molar-refractivity contribution is 0.475. The minimum absolute atomic E-state index is 0.0336. The zero-order valence-electron chi connectivity index (χ0n) is 10.5. The molecule has 2 rings (SSSR count). The van der Waals surface area contributed by atoms with Crippen molar-refractivity contribution in [2.75, 3.05) is 4.72 Å². The lowest BCUT2D eigenvalue weighted by Crippen LogP contribution is -2.12. The second-order valence-electron chi connectivity index (χ2n) is 4.15. The van der Waals surface area contributed by atoms with Crippen molar-refractivity contribution in [2.45, 2.75) is 18.2 Å². The van der Waals surface area contributed by atoms with Gasteiger partial charge in [-0.3, -0.25) is 4.72 Å². The predicted molar refractivity (Wildman–Crippen MR) is 74.7 cm³/mol. The molecule has 0 bridgehead atoms. The third-order valence-corrected chi connectivity index (χ3v) is 4.16. The van der Waals surface area contributed by atoms with Gasteiger partial charge in [0.05, 0.1) is 4.90 Å². The number of sulfonamides is 1. The van der Waals surface area contributed by atoms with Crippen LogP contribution in [0.4, 0.5) is 5.69 Å². The van der Waals surface area contributed by atoms with Crippen molar-refractivity contribution in [1.82, 2.24) is 0 Å². The quantitative estimate of drug-likeness (QED) is 0.903. The Labute approximate surface area is 112 Å². The first-order chi connectivity index (χ1) is 9.01. The molecule has 0 amide bonds. The van der Waals surface area contributed by atoms with Crippen molar-refractivity contribution in [3.8, 4) is 5.75 Å². The van der Waals surface area contributed by atoms with E-state index in [0.717, 1.165) is 12.0 Å². The van der Waals surface area contributed by atoms with E-state index < -0.39 is 10.0 Å². The highest BCUT2D eigenvalue weighted by molar-refractivity contribution is 7.92. The third kappa shape index (κ3) is 3.26. The van der Waals surface area contributed by atoms with Crippen LogP contribution >= 0.6 is 0 Å². The molecule has 0 saturated heterocycles. The molecule has 100 valence electrons. The number of anilines is 1. The zero-order valence-corrected chi connectivity index (χ0v) is 11.3. The third-order valence-electron chi connectivity index (χ3n) is 2.76. The van der Waals surface area contributed by atoms with E-state index in [1.165, 1.54) is 24.3 Å². The van der Waals surface area contributed by atoms with Gasteiger partial charge in [-0.1, -0.05) is 19.1 Å². The Morgan fingerprint density at radius 1 is 1.00 bits per heavy atom. The molecular formula is C14H15NO3S. The minimum Gasteiger partial charge on any atom is -0.508 e. The molecule has 0 atom stereocenters. The predicted octanol–water partition coefficient (Wildman–Crippen LogP) is 2.76. The Balaban J connectivity index is 2.23. The lowest BCUT2D eigenvalue weighted by Gasteiger charge is -2.08. The molecule has 2 aromatic rings. The molecule has 0 saturated carbocycles. The summed E-state index contributed by atoms with van der Waals surface area (Å²) in [7, 11) is -3.61. The molecule has 2 N–H and O–H groups in total. The summed E-state index contributed by atoms with van der Waals surface area (Å²) in [6.07, 6.45) is 0.908. The molecule has 0 aromatic heterocycles. The summed E-state index contributed by atoms with van der Waals surface area (Å²) < 4.78 is 26.6. The van der Waals surface area contributed by atoms with Crippen LogP contribution in [0.1, 0.15) is 12.5 Å². The molecule has 0 aliphatic heterocycles. The van der Waals surface area contributed by atoms with Crippen LogP contribution in [-0.2, 0) is 16.4 Å². The van der Waals surface area contributed by atoms with Gasteiger partial charge in [-0.05, 0) is 48.4 Å². The summed E-state index contributed by atoms with van der Waals surface area (Å²) in [5.74, 6) is 0.0336. The van der Waals surface area contributed by atoms with Crippen molar-refractivity contribution in [3.05, 3.63) is 54.1 Å². The van der Waals surface area contributed by atoms with Crippen LogP contribution in [-0.4, -0.2) is 13.5 Å². The van der Waals surface area contributed by atoms with Crippen LogP contribution in [0.2, 0.25) is 0 Å². The van der Waals surface area contributed by atoms with Gasteiger partial charge in [-0.25, -0.2) is 8.42 Å². The van der Waals surface area contributed by atoms with Crippen molar-refractivity contribution < 1.29 is 13.5 Å². The largest absolute Gasteiger partial charge is 0.508 e. The summed E-state index contributed by atoms with van der Waals surface area (Å²) >= 11 is 0. The van der Waals surface area contributed by atoms with E-state index in [1.54, 1.807) is 12.1 Å². The molecule has 0 spiro atoms. The molecule has 0 aliphatic rings. The normalized spacial score (nSPS) is 11.2. The van der Waals surface area contributed by atoms with Gasteiger partial charge < -0.3 is 5.11 Å². The van der Waals surface area contributed by atoms with Gasteiger partial charge in [0.2, 0.25) is 0 Å². The van der Waals surface area contributed by atoms with E-state index in [4.69, 9.17) is 5.11 Å². The van der Waals surface area contributed by atoms with E-state index >= 15 is 0 Å². The number of phenolic OH excluding ortho intramolecular Hbond substituents is 1. The average Bonchev–Trinajstić information content (AvgIpc) is 2.40. The Hall–Kier alpha value is -2.01. The van der Waals surface area contributed by atoms with Crippen LogP contribution in [0, 0.1) is 0 Å². The standard InChI is InChI=1S/C14H15NO3S/c1-2-11-3-5-12(6-4-11)15-19(17,18)14-9-7-13(16)8-10-14/h3-10,15-16H,2H2,1H3. The van der Waals surface area contributed by atoms with Crippen molar-refractivity contribution in [3.63, 3.8) is 0 Å². The number of nitrogens with one attached hydrogen (secondary N) is 1. The van der Waals surface area contributed by atoms with E-state index in [-0.39, 0.29) is 10.6 Å². The average molecular weight is 277 g/mol. The molecule has 4 nitrogen and oxygen atoms in total. The number of aromatic hydroxyl groups is 1. The molecule has 0 aliphatic carbocycles. The smallest absolute Gasteiger partial charge is 0.261 e. The first-order valence-corrected chi connectivity index (χ1v) is 7.40. The zero-order chi connectivity index (χ0) is 13.9. The molecular weight excluding hydrogens is 262 g/mol. The molecule has 0 radical (unpaired) electrons. The second kappa shape index (κ2) is 5.32. The van der Waals surface area contributed by atoms with Crippen molar-refractivity contribution in [1.29, 1.82) is 0 Å². The van der Waals surface area contributed by atoms with Crippen LogP contribution in [0.15, 0.2) is 53.4 Å². The Bertz CT molecular complexity index is 646. The molecule has 5 heteroatoms. The lowest BCUT2D eigenvalue weighted by atomic mass is 10.2. The summed E-state index contributed by atoms with van der Waals surface area (Å²) in [5.41, 5.74) is 1.66. The Morgan fingerprint density at radius 2 is 1.58 bits per heavy atom. The van der Waals surface area contributed by atoms with Crippen LogP contribution < -0.4 is 4.72 Å². The van der Waals surface area contributed by atoms with Gasteiger partial charge in [-0.2, -0.15) is 0 Å². The number of benzene rings is 2. The number of rotatable bonds is 4. The van der Waals surface area contributed by atoms with Crippen LogP contribution in [0.25, 0.3) is 0 Å². The number of hydrogen-bond donors (Lipinski definition) is 2. The topological polar surface area (TPSA) is 66.4 Å². The molecule has 0 heterocycles. The van der Waals surface area contributed by atoms with E-state index in [0.29, 0.717) is 5.69 Å². The minimum atomic E-state index is -3.61. The van der Waals surface area contributed by atoms with E-state index in [9.17, 15) is 8.42 Å². The monoisotopic (exact) mass is 277 g/mol. The van der Waals surface area contributed by atoms with Crippen LogP contribution in [0.3, 0.4) is 0 Å². The second-order valence-corrected chi connectivity index (χ2v) is 5.83. The first-order valence-electron chi connectivity index (χ1n) is 5.92. The highest BCUT2D eigenvalue weighted by Gasteiger charge is 2.13. The molecule has 19 heavy (non-hydrogen) atoms. The Kier molecular flexibility index (Phi) is 3.76. The van der Waals surface area contributed by atoms with Gasteiger partial charge in [0, 0.05) is 5.69 Å².